The zero-order valence-electron chi connectivity index (χ0n) is 13.3. The van der Waals surface area contributed by atoms with Crippen molar-refractivity contribution in [3.8, 4) is 0 Å². The molecular weight excluding hydrogens is 304 g/mol. The first-order valence-electron chi connectivity index (χ1n) is 7.29. The lowest BCUT2D eigenvalue weighted by molar-refractivity contribution is -0.118. The maximum atomic E-state index is 12.1. The minimum absolute atomic E-state index is 0.0190. The first-order valence-corrected chi connectivity index (χ1v) is 7.66. The van der Waals surface area contributed by atoms with E-state index < -0.39 is 6.10 Å². The SMILES string of the molecule is CC(C)NC(=O)c1ccc(Cl)cc1NC(=O)CC(O)C(C)C. The summed E-state index contributed by atoms with van der Waals surface area (Å²) in [5.41, 5.74) is 0.678. The molecule has 1 unspecified atom stereocenters. The van der Waals surface area contributed by atoms with Crippen LogP contribution >= 0.6 is 11.6 Å². The van der Waals surface area contributed by atoms with Crippen molar-refractivity contribution < 1.29 is 14.7 Å². The summed E-state index contributed by atoms with van der Waals surface area (Å²) in [4.78, 5) is 24.1. The van der Waals surface area contributed by atoms with E-state index >= 15 is 0 Å². The molecule has 0 aromatic heterocycles. The summed E-state index contributed by atoms with van der Waals surface area (Å²) in [5.74, 6) is -0.665. The summed E-state index contributed by atoms with van der Waals surface area (Å²) >= 11 is 5.93. The Labute approximate surface area is 136 Å². The molecule has 22 heavy (non-hydrogen) atoms. The molecule has 0 aliphatic heterocycles. The molecule has 0 radical (unpaired) electrons. The third-order valence-corrected chi connectivity index (χ3v) is 3.32. The first-order chi connectivity index (χ1) is 10.2. The Bertz CT molecular complexity index is 544. The van der Waals surface area contributed by atoms with Gasteiger partial charge < -0.3 is 15.7 Å². The average Bonchev–Trinajstić information content (AvgIpc) is 2.37. The van der Waals surface area contributed by atoms with E-state index in [1.165, 1.54) is 6.07 Å². The second-order valence-corrected chi connectivity index (χ2v) is 6.32. The number of hydrogen-bond acceptors (Lipinski definition) is 3. The maximum absolute atomic E-state index is 12.1. The Hall–Kier alpha value is -1.59. The summed E-state index contributed by atoms with van der Waals surface area (Å²) < 4.78 is 0. The maximum Gasteiger partial charge on any atom is 0.253 e. The van der Waals surface area contributed by atoms with Crippen LogP contribution in [-0.2, 0) is 4.79 Å². The van der Waals surface area contributed by atoms with Gasteiger partial charge in [-0.3, -0.25) is 9.59 Å². The minimum Gasteiger partial charge on any atom is -0.392 e. The summed E-state index contributed by atoms with van der Waals surface area (Å²) in [5, 5.41) is 15.6. The molecule has 0 spiro atoms. The van der Waals surface area contributed by atoms with Crippen LogP contribution in [0.5, 0.6) is 0 Å². The highest BCUT2D eigenvalue weighted by atomic mass is 35.5. The molecule has 122 valence electrons. The van der Waals surface area contributed by atoms with E-state index in [1.54, 1.807) is 12.1 Å². The zero-order valence-corrected chi connectivity index (χ0v) is 14.1. The number of hydrogen-bond donors (Lipinski definition) is 3. The highest BCUT2D eigenvalue weighted by molar-refractivity contribution is 6.31. The van der Waals surface area contributed by atoms with Gasteiger partial charge in [0.25, 0.3) is 5.91 Å². The number of rotatable bonds is 6. The Morgan fingerprint density at radius 2 is 1.86 bits per heavy atom. The fourth-order valence-corrected chi connectivity index (χ4v) is 1.96. The van der Waals surface area contributed by atoms with Crippen LogP contribution in [0.2, 0.25) is 5.02 Å². The standard InChI is InChI=1S/C16H23ClN2O3/c1-9(2)14(20)8-15(21)19-13-7-11(17)5-6-12(13)16(22)18-10(3)4/h5-7,9-10,14,20H,8H2,1-4H3,(H,18,22)(H,19,21). The molecule has 5 nitrogen and oxygen atoms in total. The van der Waals surface area contributed by atoms with Gasteiger partial charge in [-0.15, -0.1) is 0 Å². The Morgan fingerprint density at radius 1 is 1.23 bits per heavy atom. The summed E-state index contributed by atoms with van der Waals surface area (Å²) in [6.45, 7) is 7.37. The van der Waals surface area contributed by atoms with Crippen LogP contribution in [0.1, 0.15) is 44.5 Å². The van der Waals surface area contributed by atoms with Gasteiger partial charge in [0.1, 0.15) is 0 Å². The van der Waals surface area contributed by atoms with Gasteiger partial charge in [0, 0.05) is 11.1 Å². The molecule has 0 bridgehead atoms. The molecule has 6 heteroatoms. The molecule has 1 atom stereocenters. The van der Waals surface area contributed by atoms with E-state index in [0.29, 0.717) is 16.3 Å². The van der Waals surface area contributed by atoms with Crippen LogP contribution in [0.3, 0.4) is 0 Å². The summed E-state index contributed by atoms with van der Waals surface area (Å²) in [6.07, 6.45) is -0.762. The fraction of sp³-hybridized carbons (Fsp3) is 0.500. The van der Waals surface area contributed by atoms with E-state index in [-0.39, 0.29) is 30.2 Å². The number of benzene rings is 1. The van der Waals surface area contributed by atoms with Crippen molar-refractivity contribution >= 4 is 29.1 Å². The molecule has 1 rings (SSSR count). The summed E-state index contributed by atoms with van der Waals surface area (Å²) in [7, 11) is 0. The second-order valence-electron chi connectivity index (χ2n) is 5.88. The zero-order chi connectivity index (χ0) is 16.9. The quantitative estimate of drug-likeness (QED) is 0.752. The Morgan fingerprint density at radius 3 is 2.41 bits per heavy atom. The lowest BCUT2D eigenvalue weighted by atomic mass is 10.0. The largest absolute Gasteiger partial charge is 0.392 e. The van der Waals surface area contributed by atoms with E-state index in [4.69, 9.17) is 11.6 Å². The number of halogens is 1. The van der Waals surface area contributed by atoms with Crippen LogP contribution < -0.4 is 10.6 Å². The number of carbonyl (C=O) groups is 2. The van der Waals surface area contributed by atoms with E-state index in [0.717, 1.165) is 0 Å². The number of aliphatic hydroxyl groups excluding tert-OH is 1. The van der Waals surface area contributed by atoms with Gasteiger partial charge in [-0.05, 0) is 38.0 Å². The van der Waals surface area contributed by atoms with Crippen molar-refractivity contribution in [2.75, 3.05) is 5.32 Å². The highest BCUT2D eigenvalue weighted by Gasteiger charge is 2.18. The molecule has 0 saturated heterocycles. The second kappa shape index (κ2) is 8.15. The first kappa shape index (κ1) is 18.5. The fourth-order valence-electron chi connectivity index (χ4n) is 1.78. The molecule has 3 N–H and O–H groups in total. The number of nitrogens with one attached hydrogen (secondary N) is 2. The molecule has 0 aliphatic rings. The molecule has 2 amide bonds. The van der Waals surface area contributed by atoms with Crippen LogP contribution in [0.4, 0.5) is 5.69 Å². The minimum atomic E-state index is -0.730. The van der Waals surface area contributed by atoms with E-state index in [2.05, 4.69) is 10.6 Å². The van der Waals surface area contributed by atoms with Crippen LogP contribution in [0, 0.1) is 5.92 Å². The molecule has 0 saturated carbocycles. The molecular formula is C16H23ClN2O3. The molecule has 0 aliphatic carbocycles. The van der Waals surface area contributed by atoms with E-state index in [1.807, 2.05) is 27.7 Å². The van der Waals surface area contributed by atoms with Crippen molar-refractivity contribution in [2.45, 2.75) is 46.3 Å². The van der Waals surface area contributed by atoms with Gasteiger partial charge in [0.2, 0.25) is 5.91 Å². The van der Waals surface area contributed by atoms with Crippen LogP contribution in [-0.4, -0.2) is 29.1 Å². The van der Waals surface area contributed by atoms with Gasteiger partial charge >= 0.3 is 0 Å². The third kappa shape index (κ3) is 5.66. The number of amides is 2. The van der Waals surface area contributed by atoms with Crippen molar-refractivity contribution in [2.24, 2.45) is 5.92 Å². The monoisotopic (exact) mass is 326 g/mol. The van der Waals surface area contributed by atoms with Gasteiger partial charge in [-0.2, -0.15) is 0 Å². The smallest absolute Gasteiger partial charge is 0.253 e. The normalized spacial score (nSPS) is 12.4. The lowest BCUT2D eigenvalue weighted by Gasteiger charge is -2.16. The van der Waals surface area contributed by atoms with Gasteiger partial charge in [-0.1, -0.05) is 25.4 Å². The van der Waals surface area contributed by atoms with Crippen LogP contribution in [0.15, 0.2) is 18.2 Å². The molecule has 0 heterocycles. The predicted molar refractivity (Wildman–Crippen MR) is 88.1 cm³/mol. The van der Waals surface area contributed by atoms with E-state index in [9.17, 15) is 14.7 Å². The van der Waals surface area contributed by atoms with Crippen molar-refractivity contribution in [1.82, 2.24) is 5.32 Å². The third-order valence-electron chi connectivity index (χ3n) is 3.08. The lowest BCUT2D eigenvalue weighted by Crippen LogP contribution is -2.31. The van der Waals surface area contributed by atoms with Gasteiger partial charge in [0.05, 0.1) is 23.8 Å². The Balaban J connectivity index is 2.91. The summed E-state index contributed by atoms with van der Waals surface area (Å²) in [6, 6.07) is 4.66. The molecule has 1 aromatic rings. The predicted octanol–water partition coefficient (Wildman–Crippen LogP) is 2.82. The topological polar surface area (TPSA) is 78.4 Å². The number of anilines is 1. The average molecular weight is 327 g/mol. The van der Waals surface area contributed by atoms with Crippen molar-refractivity contribution in [3.05, 3.63) is 28.8 Å². The van der Waals surface area contributed by atoms with Crippen LogP contribution in [0.25, 0.3) is 0 Å². The van der Waals surface area contributed by atoms with Gasteiger partial charge in [0.15, 0.2) is 0 Å². The number of aliphatic hydroxyl groups is 1. The molecule has 0 fully saturated rings. The molecule has 1 aromatic carbocycles. The Kier molecular flexibility index (Phi) is 6.84. The van der Waals surface area contributed by atoms with Crippen molar-refractivity contribution in [1.29, 1.82) is 0 Å². The highest BCUT2D eigenvalue weighted by Crippen LogP contribution is 2.22. The number of carbonyl (C=O) groups excluding carboxylic acids is 2. The van der Waals surface area contributed by atoms with Crippen molar-refractivity contribution in [3.63, 3.8) is 0 Å². The van der Waals surface area contributed by atoms with Gasteiger partial charge in [-0.25, -0.2) is 0 Å².